The number of carbonyl (C=O) groups is 3. The molecule has 4 aliphatic rings. The molecule has 13 nitrogen and oxygen atoms in total. The van der Waals surface area contributed by atoms with E-state index in [1.807, 2.05) is 55.5 Å². The van der Waals surface area contributed by atoms with Crippen molar-refractivity contribution in [1.82, 2.24) is 4.90 Å². The molecule has 3 aromatic carbocycles. The Bertz CT molecular complexity index is 1910. The number of hydrogen-bond donors (Lipinski definition) is 1. The molecule has 4 heterocycles. The number of carbonyl (C=O) groups excluding carboxylic acids is 3. The monoisotopic (exact) mass is 728 g/mol. The minimum atomic E-state index is -2.60. The van der Waals surface area contributed by atoms with E-state index in [0.29, 0.717) is 42.2 Å². The molecule has 52 heavy (non-hydrogen) atoms. The number of anilines is 2. The summed E-state index contributed by atoms with van der Waals surface area (Å²) in [5.41, 5.74) is 0.271. The second-order valence-electron chi connectivity index (χ2n) is 14.7. The van der Waals surface area contributed by atoms with Gasteiger partial charge in [0.1, 0.15) is 12.4 Å². The third-order valence-corrected chi connectivity index (χ3v) is 16.0. The lowest BCUT2D eigenvalue weighted by Crippen LogP contribution is -2.52. The molecule has 1 N–H and O–H groups in total. The van der Waals surface area contributed by atoms with E-state index in [0.717, 1.165) is 17.2 Å². The summed E-state index contributed by atoms with van der Waals surface area (Å²) < 4.78 is 17.6. The molecular formula is C38H44N4O9Si. The van der Waals surface area contributed by atoms with Gasteiger partial charge in [-0.05, 0) is 54.3 Å². The Kier molecular flexibility index (Phi) is 9.34. The number of ether oxygens (including phenoxy) is 3. The van der Waals surface area contributed by atoms with E-state index in [2.05, 4.69) is 13.1 Å². The van der Waals surface area contributed by atoms with Crippen molar-refractivity contribution in [3.05, 3.63) is 88.0 Å². The van der Waals surface area contributed by atoms with Crippen LogP contribution in [0.3, 0.4) is 0 Å². The topological polar surface area (TPSA) is 152 Å². The number of benzene rings is 3. The summed E-state index contributed by atoms with van der Waals surface area (Å²) in [7, 11) is -0.990. The number of nitro groups is 1. The zero-order chi connectivity index (χ0) is 36.9. The number of likely N-dealkylation sites (tertiary alicyclic amines) is 1. The van der Waals surface area contributed by atoms with Crippen LogP contribution in [0.5, 0.6) is 5.75 Å². The van der Waals surface area contributed by atoms with Gasteiger partial charge in [-0.15, -0.1) is 0 Å². The predicted molar refractivity (Wildman–Crippen MR) is 195 cm³/mol. The van der Waals surface area contributed by atoms with Crippen molar-refractivity contribution in [2.24, 2.45) is 5.92 Å². The number of rotatable bonds is 10. The van der Waals surface area contributed by atoms with Gasteiger partial charge in [0, 0.05) is 35.8 Å². The van der Waals surface area contributed by atoms with Crippen LogP contribution in [0.1, 0.15) is 37.3 Å². The molecule has 5 atom stereocenters. The maximum atomic E-state index is 15.2. The lowest BCUT2D eigenvalue weighted by Gasteiger charge is -2.37. The first-order chi connectivity index (χ1) is 24.9. The Labute approximate surface area is 303 Å². The van der Waals surface area contributed by atoms with Crippen LogP contribution in [0.4, 0.5) is 21.9 Å². The molecule has 0 aromatic heterocycles. The fraction of sp³-hybridized carbons (Fsp3) is 0.447. The summed E-state index contributed by atoms with van der Waals surface area (Å²) in [5, 5.41) is 23.3. The molecule has 0 bridgehead atoms. The van der Waals surface area contributed by atoms with Gasteiger partial charge in [-0.25, -0.2) is 4.79 Å². The fourth-order valence-corrected chi connectivity index (χ4v) is 13.1. The average molecular weight is 729 g/mol. The van der Waals surface area contributed by atoms with Crippen LogP contribution >= 0.6 is 0 Å². The Morgan fingerprint density at radius 1 is 1.10 bits per heavy atom. The molecule has 7 rings (SSSR count). The van der Waals surface area contributed by atoms with Crippen molar-refractivity contribution in [2.75, 3.05) is 43.2 Å². The Morgan fingerprint density at radius 3 is 2.54 bits per heavy atom. The van der Waals surface area contributed by atoms with Crippen molar-refractivity contribution < 1.29 is 38.6 Å². The summed E-state index contributed by atoms with van der Waals surface area (Å²) in [4.78, 5) is 58.1. The van der Waals surface area contributed by atoms with E-state index in [9.17, 15) is 24.8 Å². The van der Waals surface area contributed by atoms with Crippen LogP contribution in [-0.2, 0) is 31.2 Å². The van der Waals surface area contributed by atoms with Crippen molar-refractivity contribution in [3.63, 3.8) is 0 Å². The molecule has 3 fully saturated rings. The maximum absolute atomic E-state index is 15.2. The molecule has 14 heteroatoms. The smallest absolute Gasteiger partial charge is 0.414 e. The zero-order valence-electron chi connectivity index (χ0n) is 29.8. The van der Waals surface area contributed by atoms with Crippen LogP contribution in [-0.4, -0.2) is 86.5 Å². The van der Waals surface area contributed by atoms with Crippen LogP contribution in [0.15, 0.2) is 66.7 Å². The number of amides is 3. The van der Waals surface area contributed by atoms with Gasteiger partial charge in [0.05, 0.1) is 64.1 Å². The van der Waals surface area contributed by atoms with Crippen molar-refractivity contribution >= 4 is 48.2 Å². The summed E-state index contributed by atoms with van der Waals surface area (Å²) in [5.74, 6) is -0.264. The lowest BCUT2D eigenvalue weighted by atomic mass is 9.82. The summed E-state index contributed by atoms with van der Waals surface area (Å²) in [6.07, 6.45) is 0.392. The van der Waals surface area contributed by atoms with Gasteiger partial charge in [0.2, 0.25) is 5.91 Å². The van der Waals surface area contributed by atoms with Gasteiger partial charge >= 0.3 is 6.09 Å². The molecule has 0 aliphatic carbocycles. The van der Waals surface area contributed by atoms with E-state index >= 15 is 4.79 Å². The number of nitrogens with zero attached hydrogens (tertiary/aromatic N) is 4. The maximum Gasteiger partial charge on any atom is 0.414 e. The van der Waals surface area contributed by atoms with E-state index in [1.54, 1.807) is 23.0 Å². The highest BCUT2D eigenvalue weighted by molar-refractivity contribution is 6.91. The summed E-state index contributed by atoms with van der Waals surface area (Å²) in [6.45, 7) is 7.64. The number of fused-ring (bicyclic) bond motifs is 2. The Hall–Kier alpha value is -4.79. The van der Waals surface area contributed by atoms with Gasteiger partial charge in [0.15, 0.2) is 5.60 Å². The van der Waals surface area contributed by atoms with Gasteiger partial charge in [-0.2, -0.15) is 0 Å². The highest BCUT2D eigenvalue weighted by Crippen LogP contribution is 2.60. The van der Waals surface area contributed by atoms with Crippen molar-refractivity contribution in [1.29, 1.82) is 0 Å². The molecule has 0 saturated carbocycles. The third kappa shape index (κ3) is 5.82. The molecule has 4 aliphatic heterocycles. The minimum Gasteiger partial charge on any atom is -0.497 e. The SMILES string of the molecule is COc1ccc([Si](C)(C)[C@H]2[C@H](CC(=O)N3CCC[C@H]3CO)O[C@@]3(C(=O)N(Cc4cccc(N5CCOC5=O)c4)c4ccc([N+](=O)[O-])cc43)[C@@H]2C)cc1. The van der Waals surface area contributed by atoms with E-state index in [-0.39, 0.29) is 55.3 Å². The van der Waals surface area contributed by atoms with E-state index < -0.39 is 36.7 Å². The van der Waals surface area contributed by atoms with E-state index in [1.165, 1.54) is 17.0 Å². The molecule has 3 amide bonds. The van der Waals surface area contributed by atoms with Crippen LogP contribution in [0.2, 0.25) is 18.6 Å². The number of cyclic esters (lactones) is 1. The van der Waals surface area contributed by atoms with Gasteiger partial charge in [-0.3, -0.25) is 24.6 Å². The van der Waals surface area contributed by atoms with Crippen molar-refractivity contribution in [2.45, 2.75) is 69.1 Å². The predicted octanol–water partition coefficient (Wildman–Crippen LogP) is 4.70. The van der Waals surface area contributed by atoms with Gasteiger partial charge < -0.3 is 29.1 Å². The summed E-state index contributed by atoms with van der Waals surface area (Å²) in [6, 6.07) is 19.4. The molecule has 3 saturated heterocycles. The lowest BCUT2D eigenvalue weighted by molar-refractivity contribution is -0.385. The fourth-order valence-electron chi connectivity index (χ4n) is 9.05. The first kappa shape index (κ1) is 35.6. The van der Waals surface area contributed by atoms with Crippen LogP contribution in [0.25, 0.3) is 0 Å². The number of methoxy groups -OCH3 is 1. The van der Waals surface area contributed by atoms with Crippen LogP contribution in [0, 0.1) is 16.0 Å². The van der Waals surface area contributed by atoms with Gasteiger partial charge in [0.25, 0.3) is 11.6 Å². The zero-order valence-corrected chi connectivity index (χ0v) is 30.8. The Morgan fingerprint density at radius 2 is 1.87 bits per heavy atom. The molecule has 0 unspecified atom stereocenters. The number of aliphatic hydroxyl groups is 1. The van der Waals surface area contributed by atoms with Crippen LogP contribution < -0.4 is 19.7 Å². The second kappa shape index (κ2) is 13.6. The van der Waals surface area contributed by atoms with E-state index in [4.69, 9.17) is 14.2 Å². The Balaban J connectivity index is 1.32. The number of aliphatic hydroxyl groups excluding tert-OH is 1. The number of non-ortho nitro benzene ring substituents is 1. The quantitative estimate of drug-likeness (QED) is 0.178. The molecule has 274 valence electrons. The summed E-state index contributed by atoms with van der Waals surface area (Å²) >= 11 is 0. The average Bonchev–Trinajstić information content (AvgIpc) is 3.91. The first-order valence-corrected chi connectivity index (χ1v) is 20.8. The molecule has 3 aromatic rings. The highest BCUT2D eigenvalue weighted by atomic mass is 28.3. The normalized spacial score (nSPS) is 25.6. The van der Waals surface area contributed by atoms with Crippen molar-refractivity contribution in [3.8, 4) is 5.75 Å². The third-order valence-electron chi connectivity index (χ3n) is 11.6. The number of hydrogen-bond acceptors (Lipinski definition) is 9. The number of nitro benzene ring substituents is 1. The standard InChI is InChI=1S/C38H44N4O9Si/c1-24-35(52(3,4)30-13-11-29(49-2)12-14-30)33(21-34(44)39-16-6-9-28(39)23-43)51-38(24)31-20-27(42(47)48)10-15-32(31)41(36(38)45)22-25-7-5-8-26(19-25)40-17-18-50-37(40)46/h5,7-8,10-15,19-20,24,28,33,35,43H,6,9,16-18,21-23H2,1-4H3/t24-,28+,33+,35-,38+/m1/s1. The highest BCUT2D eigenvalue weighted by Gasteiger charge is 2.67. The largest absolute Gasteiger partial charge is 0.497 e. The second-order valence-corrected chi connectivity index (χ2v) is 19.4. The minimum absolute atomic E-state index is 0.00532. The van der Waals surface area contributed by atoms with Gasteiger partial charge in [-0.1, -0.05) is 49.5 Å². The molecule has 0 radical (unpaired) electrons. The molecule has 1 spiro atoms. The first-order valence-electron chi connectivity index (χ1n) is 17.8. The molecular weight excluding hydrogens is 685 g/mol.